The van der Waals surface area contributed by atoms with E-state index in [2.05, 4.69) is 5.32 Å². The maximum Gasteiger partial charge on any atom is 0.310 e. The number of ether oxygens (including phenoxy) is 1. The summed E-state index contributed by atoms with van der Waals surface area (Å²) in [6, 6.07) is 12.6. The van der Waals surface area contributed by atoms with Gasteiger partial charge >= 0.3 is 5.69 Å². The Morgan fingerprint density at radius 1 is 1.15 bits per heavy atom. The topological polar surface area (TPSA) is 102 Å². The normalized spacial score (nSPS) is 11.3. The van der Waals surface area contributed by atoms with E-state index < -0.39 is 16.9 Å². The summed E-state index contributed by atoms with van der Waals surface area (Å²) >= 11 is 0. The largest absolute Gasteiger partial charge is 0.474 e. The zero-order chi connectivity index (χ0) is 19.3. The fraction of sp³-hybridized carbons (Fsp3) is 0.222. The number of amides is 2. The molecule has 2 aromatic rings. The number of nitro groups is 1. The minimum atomic E-state index is -0.935. The van der Waals surface area contributed by atoms with Crippen LogP contribution in [0.4, 0.5) is 17.1 Å². The number of nitro benzene ring substituents is 1. The van der Waals surface area contributed by atoms with Gasteiger partial charge in [0, 0.05) is 31.4 Å². The van der Waals surface area contributed by atoms with E-state index in [-0.39, 0.29) is 17.3 Å². The third-order valence-corrected chi connectivity index (χ3v) is 3.73. The second-order valence-electron chi connectivity index (χ2n) is 5.60. The lowest BCUT2D eigenvalue weighted by Crippen LogP contribution is -2.30. The van der Waals surface area contributed by atoms with E-state index in [0.717, 1.165) is 0 Å². The van der Waals surface area contributed by atoms with Crippen LogP contribution in [0.5, 0.6) is 5.75 Å². The molecule has 0 aromatic heterocycles. The highest BCUT2D eigenvalue weighted by molar-refractivity contribution is 5.95. The van der Waals surface area contributed by atoms with E-state index >= 15 is 0 Å². The average molecular weight is 357 g/mol. The van der Waals surface area contributed by atoms with Crippen LogP contribution < -0.4 is 15.0 Å². The van der Waals surface area contributed by atoms with E-state index in [4.69, 9.17) is 4.74 Å². The van der Waals surface area contributed by atoms with E-state index in [1.807, 2.05) is 0 Å². The molecule has 0 spiro atoms. The van der Waals surface area contributed by atoms with Gasteiger partial charge in [0.25, 0.3) is 5.91 Å². The van der Waals surface area contributed by atoms with Gasteiger partial charge in [0.1, 0.15) is 0 Å². The van der Waals surface area contributed by atoms with E-state index in [1.54, 1.807) is 37.4 Å². The van der Waals surface area contributed by atoms with Crippen LogP contribution in [-0.2, 0) is 9.59 Å². The SMILES string of the molecule is CC(=O)N(C)c1ccc(NC(=O)C(C)Oc2ccccc2[N+](=O)[O-])cc1. The van der Waals surface area contributed by atoms with Crippen molar-refractivity contribution in [3.8, 4) is 5.75 Å². The summed E-state index contributed by atoms with van der Waals surface area (Å²) in [7, 11) is 1.65. The molecule has 1 atom stereocenters. The first kappa shape index (κ1) is 18.9. The third-order valence-electron chi connectivity index (χ3n) is 3.73. The van der Waals surface area contributed by atoms with Crippen molar-refractivity contribution < 1.29 is 19.2 Å². The van der Waals surface area contributed by atoms with Crippen molar-refractivity contribution in [3.63, 3.8) is 0 Å². The highest BCUT2D eigenvalue weighted by Gasteiger charge is 2.20. The molecule has 2 rings (SSSR count). The minimum Gasteiger partial charge on any atom is -0.474 e. The molecule has 0 heterocycles. The Balaban J connectivity index is 2.03. The number of para-hydroxylation sites is 2. The van der Waals surface area contributed by atoms with Gasteiger partial charge in [-0.1, -0.05) is 12.1 Å². The van der Waals surface area contributed by atoms with Crippen molar-refractivity contribution in [1.82, 2.24) is 0 Å². The van der Waals surface area contributed by atoms with Gasteiger partial charge in [-0.25, -0.2) is 0 Å². The molecule has 0 saturated carbocycles. The number of anilines is 2. The number of benzene rings is 2. The summed E-state index contributed by atoms with van der Waals surface area (Å²) < 4.78 is 5.43. The zero-order valence-electron chi connectivity index (χ0n) is 14.6. The van der Waals surface area contributed by atoms with E-state index in [0.29, 0.717) is 11.4 Å². The van der Waals surface area contributed by atoms with E-state index in [9.17, 15) is 19.7 Å². The molecule has 8 heteroatoms. The Bertz CT molecular complexity index is 820. The standard InChI is InChI=1S/C18H19N3O5/c1-12(26-17-7-5-4-6-16(17)21(24)25)18(23)19-14-8-10-15(11-9-14)20(3)13(2)22/h4-12H,1-3H3,(H,19,23). The van der Waals surface area contributed by atoms with Crippen molar-refractivity contribution in [2.75, 3.05) is 17.3 Å². The van der Waals surface area contributed by atoms with Crippen LogP contribution in [0.2, 0.25) is 0 Å². The highest BCUT2D eigenvalue weighted by atomic mass is 16.6. The van der Waals surface area contributed by atoms with Crippen molar-refractivity contribution in [1.29, 1.82) is 0 Å². The first-order valence-corrected chi connectivity index (χ1v) is 7.85. The van der Waals surface area contributed by atoms with Crippen molar-refractivity contribution in [2.45, 2.75) is 20.0 Å². The van der Waals surface area contributed by atoms with Gasteiger partial charge in [-0.15, -0.1) is 0 Å². The Morgan fingerprint density at radius 2 is 1.77 bits per heavy atom. The van der Waals surface area contributed by atoms with Gasteiger partial charge in [-0.3, -0.25) is 19.7 Å². The molecule has 0 bridgehead atoms. The molecule has 0 fully saturated rings. The Morgan fingerprint density at radius 3 is 2.35 bits per heavy atom. The maximum atomic E-state index is 12.3. The summed E-state index contributed by atoms with van der Waals surface area (Å²) in [5.41, 5.74) is 1.01. The summed E-state index contributed by atoms with van der Waals surface area (Å²) in [5, 5.41) is 13.7. The van der Waals surface area contributed by atoms with Gasteiger partial charge in [-0.05, 0) is 37.3 Å². The van der Waals surface area contributed by atoms with Crippen LogP contribution >= 0.6 is 0 Å². The maximum absolute atomic E-state index is 12.3. The summed E-state index contributed by atoms with van der Waals surface area (Å²) in [5.74, 6) is -0.525. The number of carbonyl (C=O) groups is 2. The van der Waals surface area contributed by atoms with Crippen molar-refractivity contribution in [3.05, 3.63) is 58.6 Å². The molecule has 0 aliphatic heterocycles. The van der Waals surface area contributed by atoms with Crippen molar-refractivity contribution in [2.24, 2.45) is 0 Å². The summed E-state index contributed by atoms with van der Waals surface area (Å²) in [6.45, 7) is 2.96. The lowest BCUT2D eigenvalue weighted by molar-refractivity contribution is -0.386. The van der Waals surface area contributed by atoms with Crippen LogP contribution in [0, 0.1) is 10.1 Å². The lowest BCUT2D eigenvalue weighted by atomic mass is 10.2. The molecule has 1 N–H and O–H groups in total. The van der Waals surface area contributed by atoms with Gasteiger partial charge < -0.3 is 15.0 Å². The van der Waals surface area contributed by atoms with Crippen LogP contribution in [0.3, 0.4) is 0 Å². The minimum absolute atomic E-state index is 0.0265. The number of hydrogen-bond donors (Lipinski definition) is 1. The fourth-order valence-corrected chi connectivity index (χ4v) is 2.15. The first-order valence-electron chi connectivity index (χ1n) is 7.85. The monoisotopic (exact) mass is 357 g/mol. The van der Waals surface area contributed by atoms with E-state index in [1.165, 1.54) is 36.9 Å². The fourth-order valence-electron chi connectivity index (χ4n) is 2.15. The number of rotatable bonds is 6. The van der Waals surface area contributed by atoms with Crippen molar-refractivity contribution >= 4 is 28.9 Å². The Kier molecular flexibility index (Phi) is 5.90. The first-order chi connectivity index (χ1) is 12.3. The lowest BCUT2D eigenvalue weighted by Gasteiger charge is -2.17. The van der Waals surface area contributed by atoms with Crippen LogP contribution in [0.15, 0.2) is 48.5 Å². The second-order valence-corrected chi connectivity index (χ2v) is 5.60. The zero-order valence-corrected chi connectivity index (χ0v) is 14.6. The molecule has 2 amide bonds. The molecule has 2 aromatic carbocycles. The molecule has 26 heavy (non-hydrogen) atoms. The van der Waals surface area contributed by atoms with Gasteiger partial charge in [0.05, 0.1) is 4.92 Å². The molecular weight excluding hydrogens is 338 g/mol. The summed E-state index contributed by atoms with van der Waals surface area (Å²) in [4.78, 5) is 35.5. The summed E-state index contributed by atoms with van der Waals surface area (Å²) in [6.07, 6.45) is -0.935. The predicted molar refractivity (Wildman–Crippen MR) is 97.3 cm³/mol. The number of hydrogen-bond acceptors (Lipinski definition) is 5. The molecule has 0 aliphatic carbocycles. The number of nitrogens with zero attached hydrogens (tertiary/aromatic N) is 2. The van der Waals surface area contributed by atoms with Crippen LogP contribution in [0.25, 0.3) is 0 Å². The van der Waals surface area contributed by atoms with Crippen LogP contribution in [0.1, 0.15) is 13.8 Å². The molecule has 0 aliphatic rings. The highest BCUT2D eigenvalue weighted by Crippen LogP contribution is 2.27. The Hall–Kier alpha value is -3.42. The predicted octanol–water partition coefficient (Wildman–Crippen LogP) is 2.98. The van der Waals surface area contributed by atoms with Gasteiger partial charge in [0.15, 0.2) is 11.9 Å². The van der Waals surface area contributed by atoms with Crippen LogP contribution in [-0.4, -0.2) is 29.9 Å². The number of nitrogens with one attached hydrogen (secondary N) is 1. The average Bonchev–Trinajstić information content (AvgIpc) is 2.61. The van der Waals surface area contributed by atoms with Gasteiger partial charge in [0.2, 0.25) is 5.91 Å². The number of carbonyl (C=O) groups excluding carboxylic acids is 2. The molecule has 8 nitrogen and oxygen atoms in total. The molecule has 0 radical (unpaired) electrons. The molecular formula is C18H19N3O5. The molecule has 1 unspecified atom stereocenters. The smallest absolute Gasteiger partial charge is 0.310 e. The Labute approximate surface area is 150 Å². The second kappa shape index (κ2) is 8.11. The molecule has 136 valence electrons. The quantitative estimate of drug-likeness (QED) is 0.632. The molecule has 0 saturated heterocycles. The third kappa shape index (κ3) is 4.56. The van der Waals surface area contributed by atoms with Gasteiger partial charge in [-0.2, -0.15) is 0 Å².